The second-order valence-electron chi connectivity index (χ2n) is 3.17. The molecular formula is C10H14F2O. The largest absolute Gasteiger partial charge is 0.495 e. The van der Waals surface area contributed by atoms with E-state index < -0.39 is 12.3 Å². The lowest BCUT2D eigenvalue weighted by Crippen LogP contribution is -2.26. The Hall–Kier alpha value is -0.860. The van der Waals surface area contributed by atoms with Gasteiger partial charge >= 0.3 is 0 Å². The predicted molar refractivity (Wildman–Crippen MR) is 47.9 cm³/mol. The van der Waals surface area contributed by atoms with Crippen molar-refractivity contribution >= 4 is 0 Å². The maximum absolute atomic E-state index is 13.3. The summed E-state index contributed by atoms with van der Waals surface area (Å²) in [5.74, 6) is 0.139. The Morgan fingerprint density at radius 3 is 2.46 bits per heavy atom. The third-order valence-corrected chi connectivity index (χ3v) is 2.08. The van der Waals surface area contributed by atoms with E-state index in [9.17, 15) is 8.78 Å². The highest BCUT2D eigenvalue weighted by Gasteiger charge is 2.31. The maximum atomic E-state index is 13.3. The zero-order valence-electron chi connectivity index (χ0n) is 8.10. The molecule has 1 aliphatic carbocycles. The zero-order chi connectivity index (χ0) is 10.0. The van der Waals surface area contributed by atoms with Crippen LogP contribution in [0.2, 0.25) is 0 Å². The molecule has 0 aromatic heterocycles. The van der Waals surface area contributed by atoms with Crippen molar-refractivity contribution in [1.82, 2.24) is 0 Å². The smallest absolute Gasteiger partial charge is 0.192 e. The molecule has 2 unspecified atom stereocenters. The van der Waals surface area contributed by atoms with Crippen molar-refractivity contribution in [3.8, 4) is 0 Å². The summed E-state index contributed by atoms with van der Waals surface area (Å²) in [6.07, 6.45) is -1.55. The monoisotopic (exact) mass is 188 g/mol. The van der Waals surface area contributed by atoms with E-state index in [4.69, 9.17) is 4.74 Å². The van der Waals surface area contributed by atoms with E-state index >= 15 is 0 Å². The van der Waals surface area contributed by atoms with Gasteiger partial charge in [0.1, 0.15) is 5.76 Å². The Morgan fingerprint density at radius 1 is 1.31 bits per heavy atom. The molecule has 1 nitrogen and oxygen atoms in total. The van der Waals surface area contributed by atoms with Gasteiger partial charge in [0.15, 0.2) is 12.3 Å². The van der Waals surface area contributed by atoms with E-state index in [-0.39, 0.29) is 5.76 Å². The van der Waals surface area contributed by atoms with Crippen LogP contribution in [0.1, 0.15) is 20.8 Å². The Kier molecular flexibility index (Phi) is 3.07. The maximum Gasteiger partial charge on any atom is 0.192 e. The van der Waals surface area contributed by atoms with Crippen molar-refractivity contribution in [3.63, 3.8) is 0 Å². The molecule has 13 heavy (non-hydrogen) atoms. The number of alkyl halides is 2. The quantitative estimate of drug-likeness (QED) is 0.647. The lowest BCUT2D eigenvalue weighted by atomic mass is 9.96. The fourth-order valence-corrected chi connectivity index (χ4v) is 1.42. The summed E-state index contributed by atoms with van der Waals surface area (Å²) < 4.78 is 31.5. The lowest BCUT2D eigenvalue weighted by Gasteiger charge is -2.23. The van der Waals surface area contributed by atoms with E-state index in [0.717, 1.165) is 0 Å². The molecule has 0 N–H and O–H groups in total. The normalized spacial score (nSPS) is 28.8. The van der Waals surface area contributed by atoms with Crippen LogP contribution < -0.4 is 0 Å². The Morgan fingerprint density at radius 2 is 1.92 bits per heavy atom. The van der Waals surface area contributed by atoms with Crippen LogP contribution in [0.4, 0.5) is 8.78 Å². The minimum atomic E-state index is -1.63. The third-order valence-electron chi connectivity index (χ3n) is 2.08. The van der Waals surface area contributed by atoms with E-state index in [1.807, 2.05) is 0 Å². The third kappa shape index (κ3) is 1.90. The summed E-state index contributed by atoms with van der Waals surface area (Å²) in [6.45, 7) is 5.44. The van der Waals surface area contributed by atoms with Crippen LogP contribution in [0.25, 0.3) is 0 Å². The van der Waals surface area contributed by atoms with Gasteiger partial charge in [0.05, 0.1) is 6.61 Å². The predicted octanol–water partition coefficient (Wildman–Crippen LogP) is 2.93. The lowest BCUT2D eigenvalue weighted by molar-refractivity contribution is 0.117. The molecule has 0 radical (unpaired) electrons. The first kappa shape index (κ1) is 10.2. The molecule has 3 heteroatoms. The van der Waals surface area contributed by atoms with Gasteiger partial charge in [-0.25, -0.2) is 8.78 Å². The number of allylic oxidation sites excluding steroid dienone is 4. The SMILES string of the molecule is CCOC1=C(C)C=C(C)C(F)C1F. The summed E-state index contributed by atoms with van der Waals surface area (Å²) in [4.78, 5) is 0. The van der Waals surface area contributed by atoms with Crippen molar-refractivity contribution in [2.24, 2.45) is 0 Å². The van der Waals surface area contributed by atoms with Crippen LogP contribution in [-0.4, -0.2) is 19.0 Å². The molecule has 2 atom stereocenters. The van der Waals surface area contributed by atoms with E-state index in [0.29, 0.717) is 17.8 Å². The molecule has 1 rings (SSSR count). The molecule has 0 bridgehead atoms. The second-order valence-corrected chi connectivity index (χ2v) is 3.17. The first-order valence-electron chi connectivity index (χ1n) is 4.37. The van der Waals surface area contributed by atoms with Crippen LogP contribution in [0.5, 0.6) is 0 Å². The van der Waals surface area contributed by atoms with Gasteiger partial charge in [-0.05, 0) is 31.9 Å². The zero-order valence-corrected chi connectivity index (χ0v) is 8.10. The van der Waals surface area contributed by atoms with Crippen LogP contribution >= 0.6 is 0 Å². The first-order chi connectivity index (χ1) is 6.07. The standard InChI is InChI=1S/C10H14F2O/c1-4-13-10-7(3)5-6(2)8(11)9(10)12/h5,8-9H,4H2,1-3H3. The van der Waals surface area contributed by atoms with Crippen LogP contribution in [0, 0.1) is 0 Å². The van der Waals surface area contributed by atoms with Gasteiger partial charge in [-0.15, -0.1) is 0 Å². The molecular weight excluding hydrogens is 174 g/mol. The number of ether oxygens (including phenoxy) is 1. The Balaban J connectivity index is 2.94. The summed E-state index contributed by atoms with van der Waals surface area (Å²) >= 11 is 0. The topological polar surface area (TPSA) is 9.23 Å². The van der Waals surface area contributed by atoms with Gasteiger partial charge in [0.2, 0.25) is 0 Å². The fourth-order valence-electron chi connectivity index (χ4n) is 1.42. The average molecular weight is 188 g/mol. The van der Waals surface area contributed by atoms with Crippen molar-refractivity contribution in [3.05, 3.63) is 23.0 Å². The summed E-state index contributed by atoms with van der Waals surface area (Å²) in [5.41, 5.74) is 1.11. The minimum Gasteiger partial charge on any atom is -0.495 e. The molecule has 0 aromatic rings. The number of halogens is 2. The highest BCUT2D eigenvalue weighted by molar-refractivity contribution is 5.34. The Labute approximate surface area is 77.1 Å². The molecule has 1 aliphatic rings. The number of hydrogen-bond donors (Lipinski definition) is 0. The fraction of sp³-hybridized carbons (Fsp3) is 0.600. The first-order valence-corrected chi connectivity index (χ1v) is 4.37. The molecule has 0 saturated carbocycles. The summed E-state index contributed by atoms with van der Waals surface area (Å²) in [6, 6.07) is 0. The van der Waals surface area contributed by atoms with Crippen molar-refractivity contribution in [2.75, 3.05) is 6.61 Å². The van der Waals surface area contributed by atoms with Gasteiger partial charge in [-0.2, -0.15) is 0 Å². The van der Waals surface area contributed by atoms with Crippen molar-refractivity contribution < 1.29 is 13.5 Å². The van der Waals surface area contributed by atoms with E-state index in [2.05, 4.69) is 0 Å². The molecule has 0 aromatic carbocycles. The van der Waals surface area contributed by atoms with Gasteiger partial charge in [0, 0.05) is 0 Å². The molecule has 0 spiro atoms. The molecule has 0 saturated heterocycles. The van der Waals surface area contributed by atoms with Crippen LogP contribution in [0.3, 0.4) is 0 Å². The highest BCUT2D eigenvalue weighted by Crippen LogP contribution is 2.29. The molecule has 0 aliphatic heterocycles. The number of hydrogen-bond acceptors (Lipinski definition) is 1. The Bertz CT molecular complexity index is 256. The van der Waals surface area contributed by atoms with Gasteiger partial charge in [0.25, 0.3) is 0 Å². The van der Waals surface area contributed by atoms with Crippen molar-refractivity contribution in [2.45, 2.75) is 33.1 Å². The summed E-state index contributed by atoms with van der Waals surface area (Å²) in [5, 5.41) is 0. The van der Waals surface area contributed by atoms with E-state index in [1.165, 1.54) is 0 Å². The summed E-state index contributed by atoms with van der Waals surface area (Å²) in [7, 11) is 0. The second kappa shape index (κ2) is 3.90. The van der Waals surface area contributed by atoms with E-state index in [1.54, 1.807) is 26.8 Å². The van der Waals surface area contributed by atoms with Crippen LogP contribution in [-0.2, 0) is 4.74 Å². The molecule has 0 heterocycles. The molecule has 0 amide bonds. The molecule has 74 valence electrons. The van der Waals surface area contributed by atoms with Gasteiger partial charge in [-0.1, -0.05) is 6.08 Å². The minimum absolute atomic E-state index is 0.139. The van der Waals surface area contributed by atoms with Gasteiger partial charge < -0.3 is 4.74 Å². The molecule has 0 fully saturated rings. The van der Waals surface area contributed by atoms with Gasteiger partial charge in [-0.3, -0.25) is 0 Å². The number of rotatable bonds is 2. The average Bonchev–Trinajstić information content (AvgIpc) is 2.09. The highest BCUT2D eigenvalue weighted by atomic mass is 19.2. The van der Waals surface area contributed by atoms with Crippen molar-refractivity contribution in [1.29, 1.82) is 0 Å². The van der Waals surface area contributed by atoms with Crippen LogP contribution in [0.15, 0.2) is 23.0 Å².